The largest absolute Gasteiger partial charge is 0.490 e. The lowest BCUT2D eigenvalue weighted by atomic mass is 9.94. The van der Waals surface area contributed by atoms with Crippen LogP contribution in [-0.4, -0.2) is 6.10 Å². The molecule has 17 heavy (non-hydrogen) atoms. The lowest BCUT2D eigenvalue weighted by Gasteiger charge is -2.30. The monoisotopic (exact) mass is 253 g/mol. The zero-order valence-corrected chi connectivity index (χ0v) is 11.0. The van der Waals surface area contributed by atoms with Crippen molar-refractivity contribution in [1.82, 2.24) is 0 Å². The zero-order valence-electron chi connectivity index (χ0n) is 10.3. The molecule has 2 nitrogen and oxygen atoms in total. The summed E-state index contributed by atoms with van der Waals surface area (Å²) in [5.74, 6) is 0.912. The summed E-state index contributed by atoms with van der Waals surface area (Å²) in [6.45, 7) is 2.21. The van der Waals surface area contributed by atoms with Gasteiger partial charge < -0.3 is 10.5 Å². The molecule has 94 valence electrons. The molecule has 0 aliphatic carbocycles. The van der Waals surface area contributed by atoms with Crippen molar-refractivity contribution in [3.05, 3.63) is 28.8 Å². The van der Waals surface area contributed by atoms with Gasteiger partial charge in [-0.1, -0.05) is 31.4 Å². The van der Waals surface area contributed by atoms with E-state index in [1.54, 1.807) is 0 Å². The molecule has 1 aliphatic heterocycles. The summed E-state index contributed by atoms with van der Waals surface area (Å²) >= 11 is 5.97. The van der Waals surface area contributed by atoms with Crippen LogP contribution in [0.15, 0.2) is 18.2 Å². The number of ether oxygens (including phenoxy) is 1. The normalized spacial score (nSPS) is 23.0. The number of unbranched alkanes of at least 4 members (excludes halogenated alkanes) is 2. The minimum atomic E-state index is 0.0593. The van der Waals surface area contributed by atoms with Gasteiger partial charge in [-0.15, -0.1) is 0 Å². The highest BCUT2D eigenvalue weighted by molar-refractivity contribution is 6.30. The molecule has 1 unspecified atom stereocenters. The van der Waals surface area contributed by atoms with E-state index in [2.05, 4.69) is 6.92 Å². The minimum Gasteiger partial charge on any atom is -0.490 e. The molecule has 3 heteroatoms. The van der Waals surface area contributed by atoms with Gasteiger partial charge in [0.1, 0.15) is 11.9 Å². The number of fused-ring (bicyclic) bond motifs is 1. The van der Waals surface area contributed by atoms with Crippen molar-refractivity contribution < 1.29 is 4.74 Å². The van der Waals surface area contributed by atoms with E-state index >= 15 is 0 Å². The third kappa shape index (κ3) is 3.14. The summed E-state index contributed by atoms with van der Waals surface area (Å²) in [4.78, 5) is 0. The van der Waals surface area contributed by atoms with Crippen LogP contribution in [0.5, 0.6) is 5.75 Å². The molecule has 1 aromatic rings. The predicted molar refractivity (Wildman–Crippen MR) is 71.6 cm³/mol. The van der Waals surface area contributed by atoms with E-state index in [0.29, 0.717) is 0 Å². The molecule has 2 N–H and O–H groups in total. The Balaban J connectivity index is 2.03. The average Bonchev–Trinajstić information content (AvgIpc) is 2.31. The van der Waals surface area contributed by atoms with Crippen molar-refractivity contribution in [3.8, 4) is 5.75 Å². The van der Waals surface area contributed by atoms with Crippen molar-refractivity contribution in [1.29, 1.82) is 0 Å². The Kier molecular flexibility index (Phi) is 4.30. The van der Waals surface area contributed by atoms with E-state index in [0.717, 1.165) is 29.2 Å². The molecule has 0 saturated carbocycles. The third-order valence-corrected chi connectivity index (χ3v) is 3.55. The Bertz CT molecular complexity index is 380. The van der Waals surface area contributed by atoms with Crippen molar-refractivity contribution >= 4 is 11.6 Å². The van der Waals surface area contributed by atoms with E-state index in [4.69, 9.17) is 22.1 Å². The van der Waals surface area contributed by atoms with E-state index in [1.165, 1.54) is 19.3 Å². The molecule has 0 amide bonds. The quantitative estimate of drug-likeness (QED) is 0.821. The van der Waals surface area contributed by atoms with Crippen LogP contribution in [0.25, 0.3) is 0 Å². The van der Waals surface area contributed by atoms with Gasteiger partial charge in [-0.2, -0.15) is 0 Å². The van der Waals surface area contributed by atoms with Gasteiger partial charge in [-0.3, -0.25) is 0 Å². The van der Waals surface area contributed by atoms with Gasteiger partial charge in [0.15, 0.2) is 0 Å². The molecule has 2 rings (SSSR count). The van der Waals surface area contributed by atoms with Gasteiger partial charge in [0.2, 0.25) is 0 Å². The first-order valence-electron chi connectivity index (χ1n) is 6.42. The summed E-state index contributed by atoms with van der Waals surface area (Å²) in [5.41, 5.74) is 7.22. The van der Waals surface area contributed by atoms with Crippen LogP contribution >= 0.6 is 11.6 Å². The van der Waals surface area contributed by atoms with Crippen LogP contribution in [0, 0.1) is 0 Å². The Labute approximate surface area is 108 Å². The second-order valence-corrected chi connectivity index (χ2v) is 5.20. The Hall–Kier alpha value is -0.730. The molecule has 0 bridgehead atoms. The predicted octanol–water partition coefficient (Wildman–Crippen LogP) is 4.07. The molecule has 1 heterocycles. The Morgan fingerprint density at radius 2 is 2.24 bits per heavy atom. The van der Waals surface area contributed by atoms with Gasteiger partial charge >= 0.3 is 0 Å². The fourth-order valence-corrected chi connectivity index (χ4v) is 2.53. The van der Waals surface area contributed by atoms with Gasteiger partial charge in [0, 0.05) is 23.0 Å². The molecule has 2 atom stereocenters. The number of rotatable bonds is 4. The maximum absolute atomic E-state index is 6.17. The highest BCUT2D eigenvalue weighted by Crippen LogP contribution is 2.36. The molecule has 0 aromatic heterocycles. The van der Waals surface area contributed by atoms with Crippen molar-refractivity contribution in [2.24, 2.45) is 5.73 Å². The molecular formula is C14H20ClNO. The Morgan fingerprint density at radius 1 is 1.41 bits per heavy atom. The summed E-state index contributed by atoms with van der Waals surface area (Å²) in [6, 6.07) is 5.78. The highest BCUT2D eigenvalue weighted by atomic mass is 35.5. The van der Waals surface area contributed by atoms with E-state index < -0.39 is 0 Å². The van der Waals surface area contributed by atoms with Crippen LogP contribution < -0.4 is 10.5 Å². The molecule has 0 spiro atoms. The van der Waals surface area contributed by atoms with E-state index in [-0.39, 0.29) is 12.1 Å². The fourth-order valence-electron chi connectivity index (χ4n) is 2.35. The lowest BCUT2D eigenvalue weighted by molar-refractivity contribution is 0.147. The second kappa shape index (κ2) is 5.74. The zero-order chi connectivity index (χ0) is 12.3. The first-order chi connectivity index (χ1) is 8.20. The smallest absolute Gasteiger partial charge is 0.124 e. The molecule has 0 radical (unpaired) electrons. The first-order valence-corrected chi connectivity index (χ1v) is 6.80. The molecule has 1 aliphatic rings. The summed E-state index contributed by atoms with van der Waals surface area (Å²) in [5, 5.41) is 0.729. The van der Waals surface area contributed by atoms with Gasteiger partial charge in [0.05, 0.1) is 0 Å². The van der Waals surface area contributed by atoms with Crippen LogP contribution in [0.3, 0.4) is 0 Å². The van der Waals surface area contributed by atoms with Crippen molar-refractivity contribution in [2.45, 2.75) is 51.2 Å². The maximum atomic E-state index is 6.17. The maximum Gasteiger partial charge on any atom is 0.124 e. The number of halogens is 1. The second-order valence-electron chi connectivity index (χ2n) is 4.76. The first kappa shape index (κ1) is 12.7. The fraction of sp³-hybridized carbons (Fsp3) is 0.571. The molecule has 1 aromatic carbocycles. The van der Waals surface area contributed by atoms with Gasteiger partial charge in [0.25, 0.3) is 0 Å². The topological polar surface area (TPSA) is 35.2 Å². The van der Waals surface area contributed by atoms with Gasteiger partial charge in [-0.25, -0.2) is 0 Å². The number of hydrogen-bond acceptors (Lipinski definition) is 2. The third-order valence-electron chi connectivity index (χ3n) is 3.31. The summed E-state index contributed by atoms with van der Waals surface area (Å²) in [6.07, 6.45) is 6.00. The van der Waals surface area contributed by atoms with Crippen LogP contribution in [0.2, 0.25) is 5.02 Å². The Morgan fingerprint density at radius 3 is 3.00 bits per heavy atom. The average molecular weight is 254 g/mol. The molecular weight excluding hydrogens is 234 g/mol. The van der Waals surface area contributed by atoms with Crippen molar-refractivity contribution in [2.75, 3.05) is 0 Å². The van der Waals surface area contributed by atoms with Crippen LogP contribution in [0.1, 0.15) is 50.6 Å². The summed E-state index contributed by atoms with van der Waals surface area (Å²) < 4.78 is 5.97. The molecule has 0 fully saturated rings. The standard InChI is InChI=1S/C14H20ClNO/c1-2-3-4-5-11-9-13(16)12-8-10(15)6-7-14(12)17-11/h6-8,11,13H,2-5,9,16H2,1H3/t11?,13-/m0/s1. The summed E-state index contributed by atoms with van der Waals surface area (Å²) in [7, 11) is 0. The number of nitrogens with two attached hydrogens (primary N) is 1. The van der Waals surface area contributed by atoms with E-state index in [9.17, 15) is 0 Å². The SMILES string of the molecule is CCCCCC1C[C@H](N)c2cc(Cl)ccc2O1. The van der Waals surface area contributed by atoms with Crippen LogP contribution in [-0.2, 0) is 0 Å². The number of benzene rings is 1. The van der Waals surface area contributed by atoms with Crippen LogP contribution in [0.4, 0.5) is 0 Å². The van der Waals surface area contributed by atoms with Crippen molar-refractivity contribution in [3.63, 3.8) is 0 Å². The minimum absolute atomic E-state index is 0.0593. The van der Waals surface area contributed by atoms with Gasteiger partial charge in [-0.05, 0) is 31.0 Å². The lowest BCUT2D eigenvalue weighted by Crippen LogP contribution is -2.29. The number of hydrogen-bond donors (Lipinski definition) is 1. The van der Waals surface area contributed by atoms with E-state index in [1.807, 2.05) is 18.2 Å². The molecule has 0 saturated heterocycles. The highest BCUT2D eigenvalue weighted by Gasteiger charge is 2.25.